The van der Waals surface area contributed by atoms with Crippen LogP contribution in [0.4, 0.5) is 0 Å². The third kappa shape index (κ3) is 11.6. The number of hydrogen-bond acceptors (Lipinski definition) is 0. The standard InChI is InChI=1S/C20H40/c1-5-8-10-11-12-13-14-15-17-19(4)20(16-7-3)18-9-6-2/h20H,4-18H2,1-3H3. The average Bonchev–Trinajstić information content (AvgIpc) is 2.46. The number of allylic oxidation sites excluding steroid dienone is 1. The van der Waals surface area contributed by atoms with E-state index < -0.39 is 0 Å². The third-order valence-electron chi connectivity index (χ3n) is 4.47. The molecule has 0 rings (SSSR count). The first kappa shape index (κ1) is 19.7. The Hall–Kier alpha value is -0.260. The van der Waals surface area contributed by atoms with Gasteiger partial charge in [-0.3, -0.25) is 0 Å². The fourth-order valence-corrected chi connectivity index (χ4v) is 3.04. The SMILES string of the molecule is C=C(CCCCCCCCCC)C(CCC)CCCC. The van der Waals surface area contributed by atoms with Gasteiger partial charge in [-0.25, -0.2) is 0 Å². The van der Waals surface area contributed by atoms with Crippen molar-refractivity contribution in [3.8, 4) is 0 Å². The fraction of sp³-hybridized carbons (Fsp3) is 0.900. The van der Waals surface area contributed by atoms with Crippen molar-refractivity contribution in [2.24, 2.45) is 5.92 Å². The summed E-state index contributed by atoms with van der Waals surface area (Å²) >= 11 is 0. The van der Waals surface area contributed by atoms with Gasteiger partial charge >= 0.3 is 0 Å². The first-order chi connectivity index (χ1) is 9.76. The van der Waals surface area contributed by atoms with E-state index in [1.54, 1.807) is 5.57 Å². The lowest BCUT2D eigenvalue weighted by molar-refractivity contribution is 0.468. The summed E-state index contributed by atoms with van der Waals surface area (Å²) in [7, 11) is 0. The van der Waals surface area contributed by atoms with Crippen LogP contribution in [0.1, 0.15) is 111 Å². The van der Waals surface area contributed by atoms with Crippen LogP contribution in [-0.2, 0) is 0 Å². The monoisotopic (exact) mass is 280 g/mol. The summed E-state index contributed by atoms with van der Waals surface area (Å²) in [6.45, 7) is 11.3. The van der Waals surface area contributed by atoms with Crippen molar-refractivity contribution in [2.45, 2.75) is 111 Å². The molecule has 1 atom stereocenters. The Labute approximate surface area is 129 Å². The molecule has 120 valence electrons. The van der Waals surface area contributed by atoms with Crippen LogP contribution in [0.5, 0.6) is 0 Å². The predicted octanol–water partition coefficient (Wildman–Crippen LogP) is 7.68. The molecule has 0 nitrogen and oxygen atoms in total. The van der Waals surface area contributed by atoms with E-state index in [-0.39, 0.29) is 0 Å². The Kier molecular flexibility index (Phi) is 14.9. The molecule has 0 aromatic heterocycles. The van der Waals surface area contributed by atoms with Crippen LogP contribution in [-0.4, -0.2) is 0 Å². The highest BCUT2D eigenvalue weighted by atomic mass is 14.2. The molecule has 0 saturated heterocycles. The maximum atomic E-state index is 4.38. The van der Waals surface area contributed by atoms with Crippen molar-refractivity contribution >= 4 is 0 Å². The smallest absolute Gasteiger partial charge is 0.0206 e. The van der Waals surface area contributed by atoms with Gasteiger partial charge < -0.3 is 0 Å². The summed E-state index contributed by atoms with van der Waals surface area (Å²) < 4.78 is 0. The van der Waals surface area contributed by atoms with E-state index in [1.807, 2.05) is 0 Å². The molecule has 0 aliphatic heterocycles. The molecule has 0 amide bonds. The van der Waals surface area contributed by atoms with Gasteiger partial charge in [0.2, 0.25) is 0 Å². The zero-order valence-electron chi connectivity index (χ0n) is 14.7. The first-order valence-corrected chi connectivity index (χ1v) is 9.43. The summed E-state index contributed by atoms with van der Waals surface area (Å²) in [5, 5.41) is 0. The van der Waals surface area contributed by atoms with Gasteiger partial charge in [0.15, 0.2) is 0 Å². The van der Waals surface area contributed by atoms with Crippen molar-refractivity contribution in [3.05, 3.63) is 12.2 Å². The molecule has 0 heterocycles. The van der Waals surface area contributed by atoms with E-state index in [0.29, 0.717) is 0 Å². The lowest BCUT2D eigenvalue weighted by Gasteiger charge is -2.19. The summed E-state index contributed by atoms with van der Waals surface area (Å²) in [5.41, 5.74) is 1.55. The average molecular weight is 281 g/mol. The summed E-state index contributed by atoms with van der Waals surface area (Å²) in [4.78, 5) is 0. The maximum absolute atomic E-state index is 4.38. The van der Waals surface area contributed by atoms with Crippen LogP contribution in [0.3, 0.4) is 0 Å². The van der Waals surface area contributed by atoms with Gasteiger partial charge in [-0.05, 0) is 31.6 Å². The van der Waals surface area contributed by atoms with Crippen LogP contribution >= 0.6 is 0 Å². The quantitative estimate of drug-likeness (QED) is 0.213. The number of hydrogen-bond donors (Lipinski definition) is 0. The highest BCUT2D eigenvalue weighted by Crippen LogP contribution is 2.26. The van der Waals surface area contributed by atoms with Crippen molar-refractivity contribution in [3.63, 3.8) is 0 Å². The zero-order valence-corrected chi connectivity index (χ0v) is 14.7. The molecule has 0 saturated carbocycles. The Balaban J connectivity index is 3.57. The van der Waals surface area contributed by atoms with Crippen molar-refractivity contribution in [1.29, 1.82) is 0 Å². The first-order valence-electron chi connectivity index (χ1n) is 9.43. The van der Waals surface area contributed by atoms with Gasteiger partial charge in [-0.1, -0.05) is 97.1 Å². The van der Waals surface area contributed by atoms with Gasteiger partial charge in [0, 0.05) is 0 Å². The van der Waals surface area contributed by atoms with E-state index in [9.17, 15) is 0 Å². The molecule has 0 aromatic rings. The number of unbranched alkanes of at least 4 members (excludes halogenated alkanes) is 8. The van der Waals surface area contributed by atoms with E-state index in [0.717, 1.165) is 5.92 Å². The molecule has 0 radical (unpaired) electrons. The lowest BCUT2D eigenvalue weighted by atomic mass is 9.87. The van der Waals surface area contributed by atoms with Gasteiger partial charge in [0.05, 0.1) is 0 Å². The molecular formula is C20H40. The van der Waals surface area contributed by atoms with Crippen molar-refractivity contribution < 1.29 is 0 Å². The van der Waals surface area contributed by atoms with E-state index in [2.05, 4.69) is 27.4 Å². The predicted molar refractivity (Wildman–Crippen MR) is 94.3 cm³/mol. The minimum Gasteiger partial charge on any atom is -0.0996 e. The number of rotatable bonds is 15. The van der Waals surface area contributed by atoms with E-state index in [1.165, 1.54) is 89.9 Å². The fourth-order valence-electron chi connectivity index (χ4n) is 3.04. The Morgan fingerprint density at radius 1 is 0.650 bits per heavy atom. The molecule has 0 aromatic carbocycles. The van der Waals surface area contributed by atoms with Crippen molar-refractivity contribution in [1.82, 2.24) is 0 Å². The Morgan fingerprint density at radius 2 is 1.20 bits per heavy atom. The molecule has 0 bridgehead atoms. The molecule has 0 fully saturated rings. The molecule has 0 spiro atoms. The van der Waals surface area contributed by atoms with Gasteiger partial charge in [0.1, 0.15) is 0 Å². The maximum Gasteiger partial charge on any atom is -0.0206 e. The second-order valence-corrected chi connectivity index (χ2v) is 6.51. The normalized spacial score (nSPS) is 12.6. The highest BCUT2D eigenvalue weighted by Gasteiger charge is 2.10. The Morgan fingerprint density at radius 3 is 1.75 bits per heavy atom. The van der Waals surface area contributed by atoms with Crippen LogP contribution in [0.25, 0.3) is 0 Å². The van der Waals surface area contributed by atoms with Gasteiger partial charge in [-0.15, -0.1) is 0 Å². The summed E-state index contributed by atoms with van der Waals surface area (Å²) in [6.07, 6.45) is 19.4. The van der Waals surface area contributed by atoms with E-state index in [4.69, 9.17) is 0 Å². The van der Waals surface area contributed by atoms with Crippen LogP contribution in [0.2, 0.25) is 0 Å². The molecule has 0 N–H and O–H groups in total. The van der Waals surface area contributed by atoms with Gasteiger partial charge in [-0.2, -0.15) is 0 Å². The zero-order chi connectivity index (χ0) is 15.1. The third-order valence-corrected chi connectivity index (χ3v) is 4.47. The molecule has 1 unspecified atom stereocenters. The molecule has 0 aliphatic carbocycles. The molecular weight excluding hydrogens is 240 g/mol. The Bertz CT molecular complexity index is 204. The molecule has 20 heavy (non-hydrogen) atoms. The van der Waals surface area contributed by atoms with Gasteiger partial charge in [0.25, 0.3) is 0 Å². The van der Waals surface area contributed by atoms with Crippen LogP contribution in [0.15, 0.2) is 12.2 Å². The van der Waals surface area contributed by atoms with E-state index >= 15 is 0 Å². The highest BCUT2D eigenvalue weighted by molar-refractivity contribution is 5.00. The van der Waals surface area contributed by atoms with Crippen LogP contribution in [0, 0.1) is 5.92 Å². The molecule has 0 heteroatoms. The second kappa shape index (κ2) is 15.1. The minimum absolute atomic E-state index is 0.810. The second-order valence-electron chi connectivity index (χ2n) is 6.51. The van der Waals surface area contributed by atoms with Crippen molar-refractivity contribution in [2.75, 3.05) is 0 Å². The minimum atomic E-state index is 0.810. The summed E-state index contributed by atoms with van der Waals surface area (Å²) in [6, 6.07) is 0. The largest absolute Gasteiger partial charge is 0.0996 e. The topological polar surface area (TPSA) is 0 Å². The lowest BCUT2D eigenvalue weighted by Crippen LogP contribution is -2.03. The summed E-state index contributed by atoms with van der Waals surface area (Å²) in [5.74, 6) is 0.810. The molecule has 0 aliphatic rings. The van der Waals surface area contributed by atoms with Crippen LogP contribution < -0.4 is 0 Å².